The highest BCUT2D eigenvalue weighted by Gasteiger charge is 2.07. The van der Waals surface area contributed by atoms with Crippen LogP contribution in [-0.4, -0.2) is 23.5 Å². The molecule has 0 aliphatic rings. The van der Waals surface area contributed by atoms with Gasteiger partial charge in [0.25, 0.3) is 11.3 Å². The zero-order chi connectivity index (χ0) is 19.0. The van der Waals surface area contributed by atoms with Crippen LogP contribution in [0.5, 0.6) is 0 Å². The molecule has 0 bridgehead atoms. The number of nitrogens with zero attached hydrogens (tertiary/aromatic N) is 3. The van der Waals surface area contributed by atoms with Gasteiger partial charge in [0.05, 0.1) is 22.8 Å². The van der Waals surface area contributed by atoms with Crippen molar-refractivity contribution in [2.75, 3.05) is 10.0 Å². The number of pyridine rings is 1. The van der Waals surface area contributed by atoms with E-state index in [1.54, 1.807) is 47.3 Å². The van der Waals surface area contributed by atoms with Gasteiger partial charge in [0.15, 0.2) is 11.2 Å². The Morgan fingerprint density at radius 1 is 1.07 bits per heavy atom. The van der Waals surface area contributed by atoms with Crippen LogP contribution in [0, 0.1) is 0 Å². The molecule has 0 aliphatic carbocycles. The SMILES string of the molecule is Cn1ccc(Nc2cnc3ccc4ccc(NS(=O)O)cc4c(=O)c3c2)n1. The van der Waals surface area contributed by atoms with Gasteiger partial charge in [-0.2, -0.15) is 5.10 Å². The molecule has 4 rings (SSSR count). The van der Waals surface area contributed by atoms with Crippen LogP contribution < -0.4 is 15.5 Å². The first-order chi connectivity index (χ1) is 13.0. The monoisotopic (exact) mass is 381 g/mol. The average molecular weight is 381 g/mol. The summed E-state index contributed by atoms with van der Waals surface area (Å²) in [6.45, 7) is 0. The number of aromatic nitrogens is 3. The highest BCUT2D eigenvalue weighted by atomic mass is 32.2. The van der Waals surface area contributed by atoms with Gasteiger partial charge in [-0.25, -0.2) is 4.21 Å². The van der Waals surface area contributed by atoms with E-state index in [0.29, 0.717) is 38.9 Å². The molecule has 0 fully saturated rings. The lowest BCUT2D eigenvalue weighted by Crippen LogP contribution is -2.04. The van der Waals surface area contributed by atoms with Crippen LogP contribution >= 0.6 is 0 Å². The van der Waals surface area contributed by atoms with Crippen molar-refractivity contribution in [1.29, 1.82) is 0 Å². The second kappa shape index (κ2) is 6.78. The number of fused-ring (bicyclic) bond motifs is 2. The molecule has 0 radical (unpaired) electrons. The molecule has 1 unspecified atom stereocenters. The molecule has 8 nitrogen and oxygen atoms in total. The van der Waals surface area contributed by atoms with E-state index >= 15 is 0 Å². The molecule has 0 saturated heterocycles. The quantitative estimate of drug-likeness (QED) is 0.469. The predicted octanol–water partition coefficient (Wildman–Crippen LogP) is 2.77. The van der Waals surface area contributed by atoms with Gasteiger partial charge in [0, 0.05) is 30.4 Å². The van der Waals surface area contributed by atoms with Crippen LogP contribution in [0.3, 0.4) is 0 Å². The molecule has 2 aromatic carbocycles. The average Bonchev–Trinajstić information content (AvgIpc) is 2.99. The van der Waals surface area contributed by atoms with Crippen molar-refractivity contribution in [2.24, 2.45) is 7.05 Å². The topological polar surface area (TPSA) is 109 Å². The normalized spacial score (nSPS) is 12.2. The van der Waals surface area contributed by atoms with E-state index in [4.69, 9.17) is 4.55 Å². The third-order valence-corrected chi connectivity index (χ3v) is 4.48. The lowest BCUT2D eigenvalue weighted by Gasteiger charge is -2.03. The van der Waals surface area contributed by atoms with Gasteiger partial charge in [0.2, 0.25) is 0 Å². The number of nitrogens with one attached hydrogen (secondary N) is 2. The first-order valence-electron chi connectivity index (χ1n) is 8.01. The summed E-state index contributed by atoms with van der Waals surface area (Å²) in [4.78, 5) is 17.5. The number of rotatable bonds is 4. The van der Waals surface area contributed by atoms with Crippen LogP contribution in [0.1, 0.15) is 0 Å². The van der Waals surface area contributed by atoms with Crippen LogP contribution in [-0.2, 0) is 18.3 Å². The summed E-state index contributed by atoms with van der Waals surface area (Å²) in [6.07, 6.45) is 3.45. The van der Waals surface area contributed by atoms with Crippen molar-refractivity contribution in [3.8, 4) is 0 Å². The molecule has 136 valence electrons. The van der Waals surface area contributed by atoms with Gasteiger partial charge in [-0.1, -0.05) is 12.1 Å². The molecule has 2 heterocycles. The number of hydrogen-bond donors (Lipinski definition) is 3. The van der Waals surface area contributed by atoms with E-state index in [1.807, 2.05) is 19.3 Å². The number of aryl methyl sites for hydroxylation is 1. The Balaban J connectivity index is 1.88. The van der Waals surface area contributed by atoms with Crippen molar-refractivity contribution in [3.63, 3.8) is 0 Å². The fraction of sp³-hybridized carbons (Fsp3) is 0.0556. The standard InChI is InChI=1S/C18H15N5O3S/c1-23-7-6-17(21-23)20-13-9-15-16(19-10-13)5-3-11-2-4-12(22-27(25)26)8-14(11)18(15)24/h2-10,22H,1H3,(H,20,21)(H,25,26). The minimum absolute atomic E-state index is 0.213. The summed E-state index contributed by atoms with van der Waals surface area (Å²) in [6, 6.07) is 12.0. The summed E-state index contributed by atoms with van der Waals surface area (Å²) in [5, 5.41) is 8.95. The lowest BCUT2D eigenvalue weighted by molar-refractivity contribution is 0.570. The van der Waals surface area contributed by atoms with E-state index < -0.39 is 11.3 Å². The van der Waals surface area contributed by atoms with Gasteiger partial charge < -0.3 is 5.32 Å². The molecule has 0 aliphatic heterocycles. The maximum atomic E-state index is 13.1. The number of anilines is 3. The second-order valence-electron chi connectivity index (χ2n) is 5.97. The van der Waals surface area contributed by atoms with Gasteiger partial charge >= 0.3 is 0 Å². The Morgan fingerprint density at radius 2 is 1.85 bits per heavy atom. The number of benzene rings is 1. The summed E-state index contributed by atoms with van der Waals surface area (Å²) in [5.74, 6) is 0.646. The lowest BCUT2D eigenvalue weighted by atomic mass is 10.1. The second-order valence-corrected chi connectivity index (χ2v) is 6.67. The van der Waals surface area contributed by atoms with E-state index in [0.717, 1.165) is 0 Å². The molecular weight excluding hydrogens is 366 g/mol. The molecule has 2 aromatic heterocycles. The van der Waals surface area contributed by atoms with Crippen molar-refractivity contribution in [2.45, 2.75) is 0 Å². The molecular formula is C18H15N5O3S. The highest BCUT2D eigenvalue weighted by Crippen LogP contribution is 2.21. The zero-order valence-corrected chi connectivity index (χ0v) is 15.0. The Hall–Kier alpha value is -3.30. The Labute approximate surface area is 156 Å². The molecule has 0 saturated carbocycles. The molecule has 9 heteroatoms. The third kappa shape index (κ3) is 3.50. The first kappa shape index (κ1) is 17.1. The summed E-state index contributed by atoms with van der Waals surface area (Å²) in [7, 11) is 1.82. The smallest absolute Gasteiger partial charge is 0.259 e. The summed E-state index contributed by atoms with van der Waals surface area (Å²) in [5.41, 5.74) is 1.37. The van der Waals surface area contributed by atoms with Crippen LogP contribution in [0.2, 0.25) is 0 Å². The van der Waals surface area contributed by atoms with Crippen molar-refractivity contribution in [1.82, 2.24) is 14.8 Å². The number of hydrogen-bond acceptors (Lipinski definition) is 5. The van der Waals surface area contributed by atoms with Crippen molar-refractivity contribution < 1.29 is 8.76 Å². The molecule has 4 aromatic rings. The first-order valence-corrected chi connectivity index (χ1v) is 9.11. The van der Waals surface area contributed by atoms with Gasteiger partial charge in [-0.05, 0) is 29.7 Å². The molecule has 3 N–H and O–H groups in total. The van der Waals surface area contributed by atoms with E-state index in [2.05, 4.69) is 20.1 Å². The minimum Gasteiger partial charge on any atom is -0.337 e. The predicted molar refractivity (Wildman–Crippen MR) is 106 cm³/mol. The minimum atomic E-state index is -2.21. The molecule has 0 amide bonds. The molecule has 27 heavy (non-hydrogen) atoms. The van der Waals surface area contributed by atoms with Gasteiger partial charge in [-0.3, -0.25) is 23.7 Å². The Morgan fingerprint density at radius 3 is 2.59 bits per heavy atom. The third-order valence-electron chi connectivity index (χ3n) is 4.07. The largest absolute Gasteiger partial charge is 0.337 e. The van der Waals surface area contributed by atoms with E-state index in [-0.39, 0.29) is 5.43 Å². The highest BCUT2D eigenvalue weighted by molar-refractivity contribution is 7.80. The zero-order valence-electron chi connectivity index (χ0n) is 14.2. The van der Waals surface area contributed by atoms with Crippen LogP contribution in [0.25, 0.3) is 21.7 Å². The fourth-order valence-corrected chi connectivity index (χ4v) is 3.19. The molecule has 0 spiro atoms. The van der Waals surface area contributed by atoms with E-state index in [1.165, 1.54) is 0 Å². The summed E-state index contributed by atoms with van der Waals surface area (Å²) < 4.78 is 24.0. The maximum absolute atomic E-state index is 13.1. The summed E-state index contributed by atoms with van der Waals surface area (Å²) >= 11 is -2.21. The fourth-order valence-electron chi connectivity index (χ4n) is 2.86. The maximum Gasteiger partial charge on any atom is 0.259 e. The van der Waals surface area contributed by atoms with Gasteiger partial charge in [-0.15, -0.1) is 0 Å². The van der Waals surface area contributed by atoms with E-state index in [9.17, 15) is 9.00 Å². The van der Waals surface area contributed by atoms with Crippen molar-refractivity contribution >= 4 is 50.1 Å². The Kier molecular flexibility index (Phi) is 4.30. The Bertz CT molecular complexity index is 1250. The van der Waals surface area contributed by atoms with Crippen LogP contribution in [0.4, 0.5) is 17.2 Å². The van der Waals surface area contributed by atoms with Crippen molar-refractivity contribution in [3.05, 3.63) is 65.1 Å². The van der Waals surface area contributed by atoms with Crippen LogP contribution in [0.15, 0.2) is 59.7 Å². The van der Waals surface area contributed by atoms with Gasteiger partial charge in [0.1, 0.15) is 0 Å². The molecule has 1 atom stereocenters.